The number of fused-ring (bicyclic) bond motifs is 1. The van der Waals surface area contributed by atoms with Gasteiger partial charge >= 0.3 is 12.1 Å². The molecule has 0 aliphatic heterocycles. The number of nitrogens with zero attached hydrogens (tertiary/aromatic N) is 4. The Hall–Kier alpha value is -4.35. The summed E-state index contributed by atoms with van der Waals surface area (Å²) in [4.78, 5) is 28.7. The number of carbonyl (C=O) groups excluding carboxylic acids is 2. The summed E-state index contributed by atoms with van der Waals surface area (Å²) < 4.78 is 49.1. The number of hydrogen-bond donors (Lipinski definition) is 1. The molecular weight excluding hydrogens is 443 g/mol. The molecule has 0 aliphatic carbocycles. The highest BCUT2D eigenvalue weighted by Crippen LogP contribution is 2.33. The van der Waals surface area contributed by atoms with Crippen LogP contribution in [0.15, 0.2) is 47.0 Å². The van der Waals surface area contributed by atoms with Gasteiger partial charge in [0.05, 0.1) is 35.0 Å². The van der Waals surface area contributed by atoms with Gasteiger partial charge in [-0.3, -0.25) is 4.79 Å². The summed E-state index contributed by atoms with van der Waals surface area (Å²) in [5, 5.41) is 14.1. The SMILES string of the molecule is COC(=O)c1ccc(NC(=O)c2cc(-c3cccc(C(F)(F)F)c3)nc3onc(C)c23)nn1. The fourth-order valence-electron chi connectivity index (χ4n) is 3.07. The van der Waals surface area contributed by atoms with E-state index in [4.69, 9.17) is 4.52 Å². The Balaban J connectivity index is 1.74. The fourth-order valence-corrected chi connectivity index (χ4v) is 3.07. The molecule has 4 aromatic rings. The number of amides is 1. The second-order valence-electron chi connectivity index (χ2n) is 6.83. The van der Waals surface area contributed by atoms with Crippen LogP contribution in [0.4, 0.5) is 19.0 Å². The van der Waals surface area contributed by atoms with Crippen molar-refractivity contribution >= 4 is 28.8 Å². The first kappa shape index (κ1) is 21.9. The Bertz CT molecular complexity index is 1370. The van der Waals surface area contributed by atoms with Crippen molar-refractivity contribution in [1.82, 2.24) is 20.3 Å². The first-order valence-corrected chi connectivity index (χ1v) is 9.35. The van der Waals surface area contributed by atoms with Crippen molar-refractivity contribution in [2.75, 3.05) is 12.4 Å². The fraction of sp³-hybridized carbons (Fsp3) is 0.143. The van der Waals surface area contributed by atoms with Gasteiger partial charge in [-0.2, -0.15) is 13.2 Å². The minimum absolute atomic E-state index is 0.0142. The summed E-state index contributed by atoms with van der Waals surface area (Å²) in [7, 11) is 1.19. The van der Waals surface area contributed by atoms with Crippen molar-refractivity contribution in [3.63, 3.8) is 0 Å². The van der Waals surface area contributed by atoms with Crippen LogP contribution >= 0.6 is 0 Å². The van der Waals surface area contributed by atoms with E-state index in [1.54, 1.807) is 6.92 Å². The molecule has 1 aromatic carbocycles. The number of pyridine rings is 1. The highest BCUT2D eigenvalue weighted by Gasteiger charge is 2.31. The van der Waals surface area contributed by atoms with Crippen molar-refractivity contribution in [3.8, 4) is 11.3 Å². The number of nitrogens with one attached hydrogen (secondary N) is 1. The second-order valence-corrected chi connectivity index (χ2v) is 6.83. The summed E-state index contributed by atoms with van der Waals surface area (Å²) in [5.74, 6) is -1.31. The molecule has 0 fully saturated rings. The van der Waals surface area contributed by atoms with Crippen molar-refractivity contribution in [3.05, 3.63) is 65.0 Å². The largest absolute Gasteiger partial charge is 0.464 e. The Labute approximate surface area is 183 Å². The number of hydrogen-bond acceptors (Lipinski definition) is 8. The molecule has 1 N–H and O–H groups in total. The van der Waals surface area contributed by atoms with Gasteiger partial charge in [-0.1, -0.05) is 17.3 Å². The molecule has 3 aromatic heterocycles. The number of rotatable bonds is 4. The second kappa shape index (κ2) is 8.30. The topological polar surface area (TPSA) is 120 Å². The van der Waals surface area contributed by atoms with Gasteiger partial charge in [0.25, 0.3) is 11.6 Å². The number of carbonyl (C=O) groups is 2. The maximum atomic E-state index is 13.1. The van der Waals surface area contributed by atoms with E-state index >= 15 is 0 Å². The van der Waals surface area contributed by atoms with E-state index in [0.29, 0.717) is 11.1 Å². The molecule has 0 aliphatic rings. The number of alkyl halides is 3. The maximum Gasteiger partial charge on any atom is 0.416 e. The van der Waals surface area contributed by atoms with Gasteiger partial charge in [-0.05, 0) is 37.3 Å². The average Bonchev–Trinajstić information content (AvgIpc) is 3.18. The normalized spacial score (nSPS) is 11.4. The van der Waals surface area contributed by atoms with E-state index in [9.17, 15) is 22.8 Å². The number of aromatic nitrogens is 4. The molecule has 0 unspecified atom stereocenters. The number of halogens is 3. The molecular formula is C21H14F3N5O4. The molecule has 0 saturated heterocycles. The zero-order valence-electron chi connectivity index (χ0n) is 17.1. The van der Waals surface area contributed by atoms with Crippen molar-refractivity contribution in [1.29, 1.82) is 0 Å². The summed E-state index contributed by atoms with van der Waals surface area (Å²) in [6.07, 6.45) is -4.54. The zero-order valence-corrected chi connectivity index (χ0v) is 17.1. The monoisotopic (exact) mass is 457 g/mol. The van der Waals surface area contributed by atoms with Crippen LogP contribution in [0.25, 0.3) is 22.4 Å². The first-order chi connectivity index (χ1) is 15.7. The highest BCUT2D eigenvalue weighted by molar-refractivity contribution is 6.12. The lowest BCUT2D eigenvalue weighted by Crippen LogP contribution is -2.15. The van der Waals surface area contributed by atoms with Gasteiger partial charge < -0.3 is 14.6 Å². The Morgan fingerprint density at radius 2 is 1.88 bits per heavy atom. The molecule has 4 rings (SSSR count). The van der Waals surface area contributed by atoms with E-state index in [-0.39, 0.29) is 34.0 Å². The van der Waals surface area contributed by atoms with Crippen LogP contribution in [0.2, 0.25) is 0 Å². The third-order valence-electron chi connectivity index (χ3n) is 4.65. The number of methoxy groups -OCH3 is 1. The van der Waals surface area contributed by atoms with E-state index in [1.165, 1.54) is 37.4 Å². The third-order valence-corrected chi connectivity index (χ3v) is 4.65. The third kappa shape index (κ3) is 4.35. The average molecular weight is 457 g/mol. The lowest BCUT2D eigenvalue weighted by Gasteiger charge is -2.10. The van der Waals surface area contributed by atoms with Gasteiger partial charge in [0.1, 0.15) is 0 Å². The molecule has 1 amide bonds. The molecule has 0 spiro atoms. The molecule has 0 atom stereocenters. The number of esters is 1. The maximum absolute atomic E-state index is 13.1. The van der Waals surface area contributed by atoms with Crippen molar-refractivity contribution < 1.29 is 32.0 Å². The summed E-state index contributed by atoms with van der Waals surface area (Å²) in [5.41, 5.74) is -0.278. The molecule has 0 bridgehead atoms. The first-order valence-electron chi connectivity index (χ1n) is 9.35. The molecule has 168 valence electrons. The minimum atomic E-state index is -4.54. The number of benzene rings is 1. The molecule has 33 heavy (non-hydrogen) atoms. The number of anilines is 1. The predicted octanol–water partition coefficient (Wildman–Crippen LogP) is 4.05. The summed E-state index contributed by atoms with van der Waals surface area (Å²) >= 11 is 0. The van der Waals surface area contributed by atoms with Gasteiger partial charge in [0.15, 0.2) is 11.5 Å². The van der Waals surface area contributed by atoms with E-state index < -0.39 is 23.6 Å². The van der Waals surface area contributed by atoms with Crippen LogP contribution in [0.5, 0.6) is 0 Å². The molecule has 12 heteroatoms. The van der Waals surface area contributed by atoms with Crippen LogP contribution in [-0.2, 0) is 10.9 Å². The predicted molar refractivity (Wildman–Crippen MR) is 108 cm³/mol. The summed E-state index contributed by atoms with van der Waals surface area (Å²) in [6.45, 7) is 1.60. The quantitative estimate of drug-likeness (QED) is 0.456. The van der Waals surface area contributed by atoms with E-state index in [2.05, 4.69) is 30.4 Å². The lowest BCUT2D eigenvalue weighted by molar-refractivity contribution is -0.137. The highest BCUT2D eigenvalue weighted by atomic mass is 19.4. The van der Waals surface area contributed by atoms with E-state index in [1.807, 2.05) is 0 Å². The number of ether oxygens (including phenoxy) is 1. The summed E-state index contributed by atoms with van der Waals surface area (Å²) in [6, 6.07) is 8.55. The molecule has 3 heterocycles. The van der Waals surface area contributed by atoms with Crippen LogP contribution < -0.4 is 5.32 Å². The Kier molecular flexibility index (Phi) is 5.50. The van der Waals surface area contributed by atoms with Gasteiger partial charge in [-0.15, -0.1) is 10.2 Å². The zero-order chi connectivity index (χ0) is 23.8. The van der Waals surface area contributed by atoms with Gasteiger partial charge in [0, 0.05) is 5.56 Å². The molecule has 0 saturated carbocycles. The van der Waals surface area contributed by atoms with E-state index in [0.717, 1.165) is 12.1 Å². The minimum Gasteiger partial charge on any atom is -0.464 e. The van der Waals surface area contributed by atoms with Crippen LogP contribution in [0.3, 0.4) is 0 Å². The lowest BCUT2D eigenvalue weighted by atomic mass is 10.0. The van der Waals surface area contributed by atoms with Gasteiger partial charge in [-0.25, -0.2) is 9.78 Å². The van der Waals surface area contributed by atoms with Crippen molar-refractivity contribution in [2.45, 2.75) is 13.1 Å². The van der Waals surface area contributed by atoms with Crippen LogP contribution in [-0.4, -0.2) is 39.3 Å². The van der Waals surface area contributed by atoms with Crippen molar-refractivity contribution in [2.24, 2.45) is 0 Å². The number of aryl methyl sites for hydroxylation is 1. The van der Waals surface area contributed by atoms with Crippen LogP contribution in [0, 0.1) is 6.92 Å². The Morgan fingerprint density at radius 1 is 1.09 bits per heavy atom. The van der Waals surface area contributed by atoms with Gasteiger partial charge in [0.2, 0.25) is 0 Å². The standard InChI is InChI=1S/C21H14F3N5O4/c1-10-17-13(18(30)26-16-7-6-14(27-28-16)20(31)32-2)9-15(25-19(17)33-29-10)11-4-3-5-12(8-11)21(22,23)24/h3-9H,1-2H3,(H,26,28,30). The van der Waals surface area contributed by atoms with Crippen LogP contribution in [0.1, 0.15) is 32.1 Å². The smallest absolute Gasteiger partial charge is 0.416 e. The Morgan fingerprint density at radius 3 is 2.55 bits per heavy atom. The molecule has 9 nitrogen and oxygen atoms in total. The molecule has 0 radical (unpaired) electrons.